The van der Waals surface area contributed by atoms with Gasteiger partial charge < -0.3 is 34.1 Å². The fourth-order valence-electron chi connectivity index (χ4n) is 1.49. The molecule has 0 bridgehead atoms. The summed E-state index contributed by atoms with van der Waals surface area (Å²) in [6, 6.07) is 0. The molecule has 0 atom stereocenters. The first kappa shape index (κ1) is 21.7. The van der Waals surface area contributed by atoms with E-state index in [0.29, 0.717) is 59.5 Å². The lowest BCUT2D eigenvalue weighted by Crippen LogP contribution is -2.25. The number of aliphatic hydroxyl groups is 1. The zero-order valence-corrected chi connectivity index (χ0v) is 13.9. The molecule has 0 aromatic heterocycles. The van der Waals surface area contributed by atoms with Crippen molar-refractivity contribution in [1.82, 2.24) is 5.32 Å². The molecule has 0 radical (unpaired) electrons. The topological polar surface area (TPSA) is 78.4 Å². The smallest absolute Gasteiger partial charge is 0.0701 e. The first-order chi connectivity index (χ1) is 10.9. The Balaban J connectivity index is 2.91. The molecule has 7 nitrogen and oxygen atoms in total. The average Bonchev–Trinajstić information content (AvgIpc) is 2.54. The van der Waals surface area contributed by atoms with Gasteiger partial charge in [0.15, 0.2) is 0 Å². The van der Waals surface area contributed by atoms with Crippen molar-refractivity contribution < 1.29 is 28.8 Å². The van der Waals surface area contributed by atoms with E-state index < -0.39 is 0 Å². The Labute approximate surface area is 134 Å². The third-order valence-corrected chi connectivity index (χ3v) is 2.55. The SMILES string of the molecule is CCCOCCOCCOCCNCCOCCOCCO. The maximum atomic E-state index is 8.50. The van der Waals surface area contributed by atoms with Crippen molar-refractivity contribution in [2.75, 3.05) is 85.8 Å². The molecule has 0 aliphatic heterocycles. The Morgan fingerprint density at radius 3 is 1.45 bits per heavy atom. The summed E-state index contributed by atoms with van der Waals surface area (Å²) in [5.41, 5.74) is 0. The monoisotopic (exact) mass is 323 g/mol. The molecule has 0 aromatic rings. The summed E-state index contributed by atoms with van der Waals surface area (Å²) < 4.78 is 26.5. The molecule has 22 heavy (non-hydrogen) atoms. The second-order valence-corrected chi connectivity index (χ2v) is 4.54. The van der Waals surface area contributed by atoms with Crippen molar-refractivity contribution in [2.24, 2.45) is 0 Å². The average molecular weight is 323 g/mol. The Bertz CT molecular complexity index is 177. The van der Waals surface area contributed by atoms with E-state index in [2.05, 4.69) is 12.2 Å². The lowest BCUT2D eigenvalue weighted by atomic mass is 10.5. The van der Waals surface area contributed by atoms with E-state index in [4.69, 9.17) is 28.8 Å². The van der Waals surface area contributed by atoms with Gasteiger partial charge in [0, 0.05) is 19.7 Å². The van der Waals surface area contributed by atoms with Crippen LogP contribution in [0.1, 0.15) is 13.3 Å². The van der Waals surface area contributed by atoms with Crippen LogP contribution >= 0.6 is 0 Å². The molecule has 0 heterocycles. The van der Waals surface area contributed by atoms with Crippen molar-refractivity contribution >= 4 is 0 Å². The van der Waals surface area contributed by atoms with Crippen LogP contribution in [0.3, 0.4) is 0 Å². The van der Waals surface area contributed by atoms with Gasteiger partial charge in [-0.2, -0.15) is 0 Å². The Morgan fingerprint density at radius 2 is 1.00 bits per heavy atom. The Kier molecular flexibility index (Phi) is 20.5. The van der Waals surface area contributed by atoms with E-state index in [1.807, 2.05) is 0 Å². The molecular formula is C15H33NO6. The highest BCUT2D eigenvalue weighted by Gasteiger charge is 1.93. The summed E-state index contributed by atoms with van der Waals surface area (Å²) in [7, 11) is 0. The quantitative estimate of drug-likeness (QED) is 0.326. The molecule has 7 heteroatoms. The molecular weight excluding hydrogens is 290 g/mol. The first-order valence-electron chi connectivity index (χ1n) is 8.12. The van der Waals surface area contributed by atoms with Crippen LogP contribution in [-0.4, -0.2) is 90.9 Å². The number of rotatable bonds is 19. The van der Waals surface area contributed by atoms with Gasteiger partial charge in [0.1, 0.15) is 0 Å². The van der Waals surface area contributed by atoms with Crippen LogP contribution in [0.2, 0.25) is 0 Å². The van der Waals surface area contributed by atoms with Crippen LogP contribution in [0.5, 0.6) is 0 Å². The molecule has 134 valence electrons. The summed E-state index contributed by atoms with van der Waals surface area (Å²) in [5.74, 6) is 0. The molecule has 0 aliphatic rings. The maximum Gasteiger partial charge on any atom is 0.0701 e. The van der Waals surface area contributed by atoms with Gasteiger partial charge in [-0.15, -0.1) is 0 Å². The standard InChI is InChI=1S/C15H33NO6/c1-2-6-18-10-14-22-15-12-20-8-4-16-3-7-19-11-13-21-9-5-17/h16-17H,2-15H2,1H3. The number of ether oxygens (including phenoxy) is 5. The summed E-state index contributed by atoms with van der Waals surface area (Å²) in [5, 5.41) is 11.7. The van der Waals surface area contributed by atoms with E-state index in [-0.39, 0.29) is 6.61 Å². The molecule has 0 aromatic carbocycles. The van der Waals surface area contributed by atoms with Crippen molar-refractivity contribution in [1.29, 1.82) is 0 Å². The van der Waals surface area contributed by atoms with Gasteiger partial charge in [0.25, 0.3) is 0 Å². The summed E-state index contributed by atoms with van der Waals surface area (Å²) >= 11 is 0. The molecule has 0 amide bonds. The van der Waals surface area contributed by atoms with E-state index >= 15 is 0 Å². The maximum absolute atomic E-state index is 8.50. The van der Waals surface area contributed by atoms with Crippen LogP contribution in [0.4, 0.5) is 0 Å². The number of hydrogen-bond donors (Lipinski definition) is 2. The molecule has 0 unspecified atom stereocenters. The van der Waals surface area contributed by atoms with E-state index in [9.17, 15) is 0 Å². The second kappa shape index (κ2) is 20.7. The predicted octanol–water partition coefficient (Wildman–Crippen LogP) is 0.0613. The molecule has 0 fully saturated rings. The highest BCUT2D eigenvalue weighted by atomic mass is 16.5. The van der Waals surface area contributed by atoms with Crippen molar-refractivity contribution in [3.8, 4) is 0 Å². The highest BCUT2D eigenvalue weighted by molar-refractivity contribution is 4.45. The molecule has 0 spiro atoms. The van der Waals surface area contributed by atoms with Gasteiger partial charge in [0.2, 0.25) is 0 Å². The first-order valence-corrected chi connectivity index (χ1v) is 8.12. The second-order valence-electron chi connectivity index (χ2n) is 4.54. The Hall–Kier alpha value is -0.280. The van der Waals surface area contributed by atoms with E-state index in [1.54, 1.807) is 0 Å². The number of aliphatic hydroxyl groups excluding tert-OH is 1. The van der Waals surface area contributed by atoms with Gasteiger partial charge in [-0.1, -0.05) is 6.92 Å². The van der Waals surface area contributed by atoms with Crippen LogP contribution in [0, 0.1) is 0 Å². The fourth-order valence-corrected chi connectivity index (χ4v) is 1.49. The summed E-state index contributed by atoms with van der Waals surface area (Å²) in [6.45, 7) is 9.76. The minimum absolute atomic E-state index is 0.0548. The highest BCUT2D eigenvalue weighted by Crippen LogP contribution is 1.83. The van der Waals surface area contributed by atoms with Crippen LogP contribution < -0.4 is 5.32 Å². The normalized spacial score (nSPS) is 11.2. The van der Waals surface area contributed by atoms with Crippen LogP contribution in [-0.2, 0) is 23.7 Å². The van der Waals surface area contributed by atoms with E-state index in [1.165, 1.54) is 0 Å². The van der Waals surface area contributed by atoms with Gasteiger partial charge in [-0.05, 0) is 6.42 Å². The fraction of sp³-hybridized carbons (Fsp3) is 1.00. The lowest BCUT2D eigenvalue weighted by Gasteiger charge is -2.08. The van der Waals surface area contributed by atoms with Gasteiger partial charge in [-0.25, -0.2) is 0 Å². The van der Waals surface area contributed by atoms with E-state index in [0.717, 1.165) is 26.1 Å². The Morgan fingerprint density at radius 1 is 0.591 bits per heavy atom. The number of nitrogens with one attached hydrogen (secondary N) is 1. The minimum atomic E-state index is 0.0548. The van der Waals surface area contributed by atoms with Crippen molar-refractivity contribution in [3.05, 3.63) is 0 Å². The summed E-state index contributed by atoms with van der Waals surface area (Å²) in [6.07, 6.45) is 1.04. The van der Waals surface area contributed by atoms with Crippen LogP contribution in [0.25, 0.3) is 0 Å². The van der Waals surface area contributed by atoms with Crippen molar-refractivity contribution in [3.63, 3.8) is 0 Å². The molecule has 0 saturated heterocycles. The van der Waals surface area contributed by atoms with Gasteiger partial charge in [-0.3, -0.25) is 0 Å². The lowest BCUT2D eigenvalue weighted by molar-refractivity contribution is 0.0146. The zero-order valence-electron chi connectivity index (χ0n) is 13.9. The third kappa shape index (κ3) is 19.7. The zero-order chi connectivity index (χ0) is 16.1. The summed E-state index contributed by atoms with van der Waals surface area (Å²) in [4.78, 5) is 0. The number of hydrogen-bond acceptors (Lipinski definition) is 7. The third-order valence-electron chi connectivity index (χ3n) is 2.55. The molecule has 0 saturated carbocycles. The minimum Gasteiger partial charge on any atom is -0.394 e. The molecule has 0 aliphatic carbocycles. The molecule has 2 N–H and O–H groups in total. The largest absolute Gasteiger partial charge is 0.394 e. The van der Waals surface area contributed by atoms with Gasteiger partial charge in [0.05, 0.1) is 66.1 Å². The predicted molar refractivity (Wildman–Crippen MR) is 84.3 cm³/mol. The molecule has 0 rings (SSSR count). The van der Waals surface area contributed by atoms with Crippen LogP contribution in [0.15, 0.2) is 0 Å². The van der Waals surface area contributed by atoms with Gasteiger partial charge >= 0.3 is 0 Å². The van der Waals surface area contributed by atoms with Crippen molar-refractivity contribution in [2.45, 2.75) is 13.3 Å².